The van der Waals surface area contributed by atoms with Crippen molar-refractivity contribution in [1.82, 2.24) is 9.97 Å². The molecular formula is C37H50N2O. The number of nitrogens with zero attached hydrogens (tertiary/aromatic N) is 2. The molecule has 0 aliphatic carbocycles. The molecule has 3 nitrogen and oxygen atoms in total. The molecule has 0 bridgehead atoms. The van der Waals surface area contributed by atoms with Crippen molar-refractivity contribution in [2.24, 2.45) is 5.92 Å². The minimum absolute atomic E-state index is 0.633. The van der Waals surface area contributed by atoms with E-state index in [0.29, 0.717) is 5.92 Å². The van der Waals surface area contributed by atoms with E-state index < -0.39 is 0 Å². The molecule has 40 heavy (non-hydrogen) atoms. The average Bonchev–Trinajstić information content (AvgIpc) is 2.91. The number of rotatable bonds is 16. The maximum absolute atomic E-state index is 6.07. The topological polar surface area (TPSA) is 35.0 Å². The maximum Gasteiger partial charge on any atom is 0.121 e. The zero-order chi connectivity index (χ0) is 28.7. The molecular weight excluding hydrogens is 488 g/mol. The second kappa shape index (κ2) is 16.8. The summed E-state index contributed by atoms with van der Waals surface area (Å²) < 4.78 is 6.07. The van der Waals surface area contributed by atoms with E-state index in [2.05, 4.69) is 65.8 Å². The van der Waals surface area contributed by atoms with Crippen LogP contribution in [-0.2, 0) is 0 Å². The predicted molar refractivity (Wildman–Crippen MR) is 174 cm³/mol. The van der Waals surface area contributed by atoms with Gasteiger partial charge in [-0.25, -0.2) is 9.97 Å². The first-order valence-electron chi connectivity index (χ1n) is 15.2. The normalized spacial score (nSPS) is 13.6. The van der Waals surface area contributed by atoms with E-state index in [1.807, 2.05) is 42.5 Å². The van der Waals surface area contributed by atoms with Gasteiger partial charge in [0.15, 0.2) is 0 Å². The van der Waals surface area contributed by atoms with Crippen LogP contribution in [-0.4, -0.2) is 16.6 Å². The Labute approximate surface area is 243 Å². The molecule has 1 aromatic heterocycles. The molecule has 0 saturated carbocycles. The molecule has 0 aliphatic heterocycles. The van der Waals surface area contributed by atoms with Gasteiger partial charge in [-0.1, -0.05) is 65.7 Å². The molecule has 1 atom stereocenters. The highest BCUT2D eigenvalue weighted by atomic mass is 16.5. The third-order valence-corrected chi connectivity index (χ3v) is 7.50. The summed E-state index contributed by atoms with van der Waals surface area (Å²) in [5, 5.41) is 0. The van der Waals surface area contributed by atoms with Gasteiger partial charge < -0.3 is 4.74 Å². The van der Waals surface area contributed by atoms with Crippen LogP contribution >= 0.6 is 0 Å². The largest absolute Gasteiger partial charge is 0.494 e. The van der Waals surface area contributed by atoms with Crippen molar-refractivity contribution in [3.63, 3.8) is 0 Å². The summed E-state index contributed by atoms with van der Waals surface area (Å²) in [6, 6.07) is 14.0. The second-order valence-electron chi connectivity index (χ2n) is 11.7. The number of para-hydroxylation sites is 2. The number of ether oxygens (including phenoxy) is 1. The number of fused-ring (bicyclic) bond motifs is 2. The van der Waals surface area contributed by atoms with Crippen molar-refractivity contribution < 1.29 is 4.74 Å². The summed E-state index contributed by atoms with van der Waals surface area (Å²) in [5.74, 6) is 1.50. The lowest BCUT2D eigenvalue weighted by atomic mass is 10.00. The number of hydrogen-bond acceptors (Lipinski definition) is 3. The third-order valence-electron chi connectivity index (χ3n) is 7.50. The first-order chi connectivity index (χ1) is 19.3. The molecule has 0 fully saturated rings. The fraction of sp³-hybridized carbons (Fsp3) is 0.459. The molecule has 0 aliphatic rings. The van der Waals surface area contributed by atoms with E-state index in [1.165, 1.54) is 41.6 Å². The van der Waals surface area contributed by atoms with E-state index in [9.17, 15) is 0 Å². The van der Waals surface area contributed by atoms with Gasteiger partial charge in [0, 0.05) is 6.07 Å². The Balaban J connectivity index is 1.30. The molecule has 3 aromatic rings. The number of hydrogen-bond donors (Lipinski definition) is 0. The van der Waals surface area contributed by atoms with Gasteiger partial charge in [-0.15, -0.1) is 0 Å². The number of benzene rings is 2. The van der Waals surface area contributed by atoms with Gasteiger partial charge in [0.1, 0.15) is 5.75 Å². The summed E-state index contributed by atoms with van der Waals surface area (Å²) in [7, 11) is 0. The fourth-order valence-corrected chi connectivity index (χ4v) is 4.81. The van der Waals surface area contributed by atoms with E-state index in [1.54, 1.807) is 0 Å². The molecule has 0 saturated heterocycles. The van der Waals surface area contributed by atoms with Crippen LogP contribution in [0.1, 0.15) is 99.3 Å². The molecule has 0 amide bonds. The van der Waals surface area contributed by atoms with Crippen LogP contribution in [0.3, 0.4) is 0 Å². The first-order valence-corrected chi connectivity index (χ1v) is 15.2. The summed E-state index contributed by atoms with van der Waals surface area (Å²) >= 11 is 0. The van der Waals surface area contributed by atoms with Gasteiger partial charge in [-0.05, 0) is 123 Å². The van der Waals surface area contributed by atoms with Crippen molar-refractivity contribution in [2.45, 2.75) is 99.3 Å². The van der Waals surface area contributed by atoms with Gasteiger partial charge >= 0.3 is 0 Å². The van der Waals surface area contributed by atoms with Crippen LogP contribution in [0.25, 0.3) is 22.1 Å². The van der Waals surface area contributed by atoms with Gasteiger partial charge in [0.05, 0.1) is 28.7 Å². The number of aromatic nitrogens is 2. The van der Waals surface area contributed by atoms with Crippen LogP contribution in [0.4, 0.5) is 0 Å². The molecule has 0 radical (unpaired) electrons. The summed E-state index contributed by atoms with van der Waals surface area (Å²) in [5.41, 5.74) is 9.58. The van der Waals surface area contributed by atoms with Crippen molar-refractivity contribution in [1.29, 1.82) is 0 Å². The zero-order valence-corrected chi connectivity index (χ0v) is 25.8. The zero-order valence-electron chi connectivity index (χ0n) is 25.8. The van der Waals surface area contributed by atoms with E-state index >= 15 is 0 Å². The van der Waals surface area contributed by atoms with E-state index in [-0.39, 0.29) is 0 Å². The van der Waals surface area contributed by atoms with Crippen molar-refractivity contribution in [3.8, 4) is 5.75 Å². The van der Waals surface area contributed by atoms with Gasteiger partial charge in [0.2, 0.25) is 0 Å². The van der Waals surface area contributed by atoms with Crippen LogP contribution in [0, 0.1) is 5.92 Å². The Morgan fingerprint density at radius 1 is 0.650 bits per heavy atom. The predicted octanol–water partition coefficient (Wildman–Crippen LogP) is 11.1. The Hall–Kier alpha value is -3.20. The van der Waals surface area contributed by atoms with Crippen molar-refractivity contribution in [2.75, 3.05) is 6.61 Å². The molecule has 0 unspecified atom stereocenters. The minimum Gasteiger partial charge on any atom is -0.494 e. The highest BCUT2D eigenvalue weighted by Gasteiger charge is 2.05. The van der Waals surface area contributed by atoms with Gasteiger partial charge in [0.25, 0.3) is 0 Å². The summed E-state index contributed by atoms with van der Waals surface area (Å²) in [6.45, 7) is 14.2. The molecule has 2 aromatic carbocycles. The van der Waals surface area contributed by atoms with Crippen molar-refractivity contribution >= 4 is 22.1 Å². The third kappa shape index (κ3) is 11.5. The molecule has 1 heterocycles. The first kappa shape index (κ1) is 31.3. The van der Waals surface area contributed by atoms with Crippen LogP contribution in [0.5, 0.6) is 5.75 Å². The Kier molecular flexibility index (Phi) is 13.2. The average molecular weight is 539 g/mol. The minimum atomic E-state index is 0.633. The summed E-state index contributed by atoms with van der Waals surface area (Å²) in [6.07, 6.45) is 20.0. The lowest BCUT2D eigenvalue weighted by molar-refractivity contribution is 0.280. The van der Waals surface area contributed by atoms with Gasteiger partial charge in [-0.2, -0.15) is 0 Å². The standard InChI is InChI=1S/C37H50N2O/c1-28(2)13-9-14-29(3)15-10-16-30(4)17-11-18-31(5)19-12-20-32(6)25-26-40-33-23-24-36-37(27-33)39-35-22-8-7-21-34(35)38-36/h7-8,13,15,17,19,21-24,27,32H,9-12,14,16,18,20,25-26H2,1-6H3/b29-15+,30-17+,31-19+/t32-/m0/s1. The quantitative estimate of drug-likeness (QED) is 0.134. The van der Waals surface area contributed by atoms with Crippen molar-refractivity contribution in [3.05, 3.63) is 89.1 Å². The fourth-order valence-electron chi connectivity index (χ4n) is 4.81. The highest BCUT2D eigenvalue weighted by molar-refractivity contribution is 5.86. The molecule has 3 heteroatoms. The second-order valence-corrected chi connectivity index (χ2v) is 11.7. The Morgan fingerprint density at radius 2 is 1.18 bits per heavy atom. The van der Waals surface area contributed by atoms with E-state index in [0.717, 1.165) is 72.9 Å². The lowest BCUT2D eigenvalue weighted by Gasteiger charge is -2.12. The molecule has 0 spiro atoms. The maximum atomic E-state index is 6.07. The Bertz CT molecular complexity index is 1340. The van der Waals surface area contributed by atoms with Crippen LogP contribution in [0.2, 0.25) is 0 Å². The summed E-state index contributed by atoms with van der Waals surface area (Å²) in [4.78, 5) is 9.45. The monoisotopic (exact) mass is 538 g/mol. The SMILES string of the molecule is CC(C)=CCC/C(C)=C/CC/C(C)=C/CC/C(C)=C/CC[C@H](C)CCOc1ccc2nc3ccccc3nc2c1. The highest BCUT2D eigenvalue weighted by Crippen LogP contribution is 2.22. The molecule has 3 rings (SSSR count). The molecule has 0 N–H and O–H groups in total. The Morgan fingerprint density at radius 3 is 1.77 bits per heavy atom. The van der Waals surface area contributed by atoms with Crippen LogP contribution in [0.15, 0.2) is 89.1 Å². The lowest BCUT2D eigenvalue weighted by Crippen LogP contribution is -2.04. The van der Waals surface area contributed by atoms with Gasteiger partial charge in [-0.3, -0.25) is 0 Å². The number of allylic oxidation sites excluding steroid dienone is 8. The smallest absolute Gasteiger partial charge is 0.121 e. The van der Waals surface area contributed by atoms with E-state index in [4.69, 9.17) is 14.7 Å². The molecule has 214 valence electrons. The van der Waals surface area contributed by atoms with Crippen LogP contribution < -0.4 is 4.74 Å².